The summed E-state index contributed by atoms with van der Waals surface area (Å²) in [6.07, 6.45) is 6.55. The van der Waals surface area contributed by atoms with Gasteiger partial charge in [0.05, 0.1) is 11.6 Å². The number of rotatable bonds is 11. The third-order valence-corrected chi connectivity index (χ3v) is 7.89. The zero-order chi connectivity index (χ0) is 31.3. The lowest BCUT2D eigenvalue weighted by Crippen LogP contribution is -2.29. The number of hydrogen-bond donors (Lipinski definition) is 1. The number of nitrogens with zero attached hydrogens (tertiary/aromatic N) is 6. The van der Waals surface area contributed by atoms with Crippen molar-refractivity contribution in [2.75, 3.05) is 0 Å². The van der Waals surface area contributed by atoms with Crippen LogP contribution in [0, 0.1) is 5.92 Å². The first-order valence-corrected chi connectivity index (χ1v) is 15.3. The van der Waals surface area contributed by atoms with E-state index in [-0.39, 0.29) is 23.3 Å². The molecular weight excluding hydrogens is 560 g/mol. The van der Waals surface area contributed by atoms with Crippen LogP contribution in [0.3, 0.4) is 0 Å². The molecule has 2 heterocycles. The zero-order valence-electron chi connectivity index (χ0n) is 25.8. The van der Waals surface area contributed by atoms with E-state index >= 15 is 0 Å². The van der Waals surface area contributed by atoms with E-state index in [9.17, 15) is 14.7 Å². The van der Waals surface area contributed by atoms with Gasteiger partial charge in [-0.2, -0.15) is 4.68 Å². The third kappa shape index (κ3) is 7.05. The molecule has 1 N–H and O–H groups in total. The summed E-state index contributed by atoms with van der Waals surface area (Å²) in [5.41, 5.74) is 2.68. The first kappa shape index (κ1) is 31.1. The van der Waals surface area contributed by atoms with Crippen LogP contribution in [-0.2, 0) is 32.8 Å². The van der Waals surface area contributed by atoms with Gasteiger partial charge in [0.2, 0.25) is 6.29 Å². The van der Waals surface area contributed by atoms with Crippen molar-refractivity contribution >= 4 is 11.9 Å². The van der Waals surface area contributed by atoms with Crippen LogP contribution in [0.25, 0.3) is 16.8 Å². The molecule has 11 nitrogen and oxygen atoms in total. The second kappa shape index (κ2) is 13.5. The van der Waals surface area contributed by atoms with E-state index < -0.39 is 17.9 Å². The summed E-state index contributed by atoms with van der Waals surface area (Å²) in [5, 5.41) is 22.6. The van der Waals surface area contributed by atoms with Crippen LogP contribution in [0.1, 0.15) is 93.8 Å². The lowest BCUT2D eigenvalue weighted by Gasteiger charge is -2.23. The van der Waals surface area contributed by atoms with Gasteiger partial charge in [0.1, 0.15) is 23.4 Å². The molecule has 1 atom stereocenters. The van der Waals surface area contributed by atoms with Crippen molar-refractivity contribution in [3.8, 4) is 16.8 Å². The van der Waals surface area contributed by atoms with Gasteiger partial charge >= 0.3 is 11.9 Å². The highest BCUT2D eigenvalue weighted by Crippen LogP contribution is 2.30. The van der Waals surface area contributed by atoms with Crippen molar-refractivity contribution in [3.63, 3.8) is 0 Å². The van der Waals surface area contributed by atoms with Gasteiger partial charge in [0.15, 0.2) is 5.69 Å². The van der Waals surface area contributed by atoms with Gasteiger partial charge in [-0.05, 0) is 60.7 Å². The SMILES string of the molecule is CCCc1nc(C(C)(C)O)c(C(=O)OC(C)OC(=O)C2CCCCC2)n1Cc1ccc(-c2ccccc2-n2cnnn2)cc1. The maximum Gasteiger partial charge on any atom is 0.360 e. The van der Waals surface area contributed by atoms with E-state index in [1.54, 1.807) is 36.3 Å². The molecule has 2 aromatic carbocycles. The maximum absolute atomic E-state index is 13.7. The van der Waals surface area contributed by atoms with Gasteiger partial charge in [-0.15, -0.1) is 5.10 Å². The van der Waals surface area contributed by atoms with Crippen LogP contribution in [0.5, 0.6) is 0 Å². The number of hydrogen-bond acceptors (Lipinski definition) is 9. The third-order valence-electron chi connectivity index (χ3n) is 7.89. The lowest BCUT2D eigenvalue weighted by molar-refractivity contribution is -0.171. The van der Waals surface area contributed by atoms with E-state index in [2.05, 4.69) is 15.5 Å². The van der Waals surface area contributed by atoms with E-state index in [1.807, 2.05) is 55.5 Å². The highest BCUT2D eigenvalue weighted by molar-refractivity contribution is 5.89. The van der Waals surface area contributed by atoms with Crippen LogP contribution in [-0.4, -0.2) is 53.1 Å². The van der Waals surface area contributed by atoms with Crippen molar-refractivity contribution in [1.29, 1.82) is 0 Å². The standard InChI is InChI=1S/C33H40N6O5/c1-5-11-28-35-30(33(3,4)42)29(32(41)44-22(2)43-31(40)25-12-7-6-8-13-25)38(28)20-23-16-18-24(19-17-23)26-14-9-10-15-27(26)39-21-34-36-37-39/h9-10,14-19,21-22,25,42H,5-8,11-13,20H2,1-4H3. The van der Waals surface area contributed by atoms with Crippen molar-refractivity contribution in [1.82, 2.24) is 29.8 Å². The molecule has 1 fully saturated rings. The van der Waals surface area contributed by atoms with Crippen molar-refractivity contribution in [3.05, 3.63) is 77.6 Å². The molecule has 0 amide bonds. The van der Waals surface area contributed by atoms with E-state index in [0.717, 1.165) is 60.9 Å². The number of benzene rings is 2. The molecule has 0 aliphatic heterocycles. The fourth-order valence-corrected chi connectivity index (χ4v) is 5.71. The Morgan fingerprint density at radius 3 is 2.43 bits per heavy atom. The number of para-hydroxylation sites is 1. The van der Waals surface area contributed by atoms with Crippen molar-refractivity contribution in [2.45, 2.75) is 91.1 Å². The van der Waals surface area contributed by atoms with Gasteiger partial charge in [-0.1, -0.05) is 68.7 Å². The highest BCUT2D eigenvalue weighted by Gasteiger charge is 2.34. The predicted molar refractivity (Wildman–Crippen MR) is 163 cm³/mol. The van der Waals surface area contributed by atoms with Gasteiger partial charge in [-0.3, -0.25) is 4.79 Å². The second-order valence-corrected chi connectivity index (χ2v) is 11.8. The first-order valence-electron chi connectivity index (χ1n) is 15.3. The highest BCUT2D eigenvalue weighted by atomic mass is 16.7. The molecule has 4 aromatic rings. The fraction of sp³-hybridized carbons (Fsp3) is 0.455. The first-order chi connectivity index (χ1) is 21.2. The predicted octanol–water partition coefficient (Wildman–Crippen LogP) is 5.38. The topological polar surface area (TPSA) is 134 Å². The number of aromatic nitrogens is 6. The number of aryl methyl sites for hydroxylation is 1. The van der Waals surface area contributed by atoms with Gasteiger partial charge in [0, 0.05) is 25.5 Å². The second-order valence-electron chi connectivity index (χ2n) is 11.8. The summed E-state index contributed by atoms with van der Waals surface area (Å²) in [6, 6.07) is 15.9. The van der Waals surface area contributed by atoms with Crippen molar-refractivity contribution < 1.29 is 24.2 Å². The Morgan fingerprint density at radius 1 is 1.05 bits per heavy atom. The summed E-state index contributed by atoms with van der Waals surface area (Å²) >= 11 is 0. The average Bonchev–Trinajstić information content (AvgIpc) is 3.67. The zero-order valence-corrected chi connectivity index (χ0v) is 25.8. The molecule has 232 valence electrons. The molecular formula is C33H40N6O5. The number of ether oxygens (including phenoxy) is 2. The molecule has 5 rings (SSSR count). The Labute approximate surface area is 257 Å². The van der Waals surface area contributed by atoms with Gasteiger partial charge in [0.25, 0.3) is 0 Å². The Hall–Kier alpha value is -4.38. The van der Waals surface area contributed by atoms with E-state index in [0.29, 0.717) is 18.8 Å². The molecule has 0 spiro atoms. The van der Waals surface area contributed by atoms with Crippen molar-refractivity contribution in [2.24, 2.45) is 5.92 Å². The molecule has 1 aliphatic carbocycles. The van der Waals surface area contributed by atoms with Crippen LogP contribution >= 0.6 is 0 Å². The number of carbonyl (C=O) groups is 2. The largest absolute Gasteiger partial charge is 0.425 e. The maximum atomic E-state index is 13.7. The molecule has 44 heavy (non-hydrogen) atoms. The Kier molecular flexibility index (Phi) is 9.53. The minimum atomic E-state index is -1.41. The molecule has 0 bridgehead atoms. The van der Waals surface area contributed by atoms with Crippen LogP contribution in [0.2, 0.25) is 0 Å². The Morgan fingerprint density at radius 2 is 1.77 bits per heavy atom. The monoisotopic (exact) mass is 600 g/mol. The molecule has 1 aliphatic rings. The minimum absolute atomic E-state index is 0.148. The van der Waals surface area contributed by atoms with E-state index in [1.165, 1.54) is 0 Å². The molecule has 11 heteroatoms. The molecule has 0 saturated heterocycles. The number of carbonyl (C=O) groups excluding carboxylic acids is 2. The summed E-state index contributed by atoms with van der Waals surface area (Å²) in [5.74, 6) is -0.541. The van der Waals surface area contributed by atoms with Crippen LogP contribution in [0.15, 0.2) is 54.9 Å². The quantitative estimate of drug-likeness (QED) is 0.178. The Bertz CT molecular complexity index is 1570. The molecule has 0 radical (unpaired) electrons. The smallest absolute Gasteiger partial charge is 0.360 e. The fourth-order valence-electron chi connectivity index (χ4n) is 5.71. The summed E-state index contributed by atoms with van der Waals surface area (Å²) in [6.45, 7) is 7.09. The van der Waals surface area contributed by atoms with Gasteiger partial charge in [-0.25, -0.2) is 9.78 Å². The summed E-state index contributed by atoms with van der Waals surface area (Å²) in [7, 11) is 0. The number of tetrazole rings is 1. The lowest BCUT2D eigenvalue weighted by atomic mass is 9.89. The number of aliphatic hydroxyl groups is 1. The van der Waals surface area contributed by atoms with Crippen LogP contribution < -0.4 is 0 Å². The van der Waals surface area contributed by atoms with E-state index in [4.69, 9.17) is 14.5 Å². The van der Waals surface area contributed by atoms with Gasteiger partial charge < -0.3 is 19.1 Å². The molecule has 2 aromatic heterocycles. The summed E-state index contributed by atoms with van der Waals surface area (Å²) < 4.78 is 14.6. The van der Waals surface area contributed by atoms with Crippen LogP contribution in [0.4, 0.5) is 0 Å². The number of esters is 2. The molecule has 1 saturated carbocycles. The average molecular weight is 601 g/mol. The Balaban J connectivity index is 1.41. The normalized spacial score (nSPS) is 14.8. The minimum Gasteiger partial charge on any atom is -0.425 e. The summed E-state index contributed by atoms with van der Waals surface area (Å²) in [4.78, 5) is 31.1. The molecule has 1 unspecified atom stereocenters. The number of imidazole rings is 1.